The maximum Gasteiger partial charge on any atom is 0.267 e. The van der Waals surface area contributed by atoms with Gasteiger partial charge in [-0.1, -0.05) is 23.5 Å². The van der Waals surface area contributed by atoms with Crippen LogP contribution in [0.1, 0.15) is 34.5 Å². The number of anilines is 1. The van der Waals surface area contributed by atoms with Crippen LogP contribution in [0.5, 0.6) is 0 Å². The highest BCUT2D eigenvalue weighted by Crippen LogP contribution is 2.28. The van der Waals surface area contributed by atoms with E-state index in [9.17, 15) is 4.79 Å². The van der Waals surface area contributed by atoms with E-state index in [-0.39, 0.29) is 5.91 Å². The number of rotatable bonds is 2. The monoisotopic (exact) mass is 333 g/mol. The zero-order valence-corrected chi connectivity index (χ0v) is 14.2. The highest BCUT2D eigenvalue weighted by atomic mass is 32.1. The van der Waals surface area contributed by atoms with Gasteiger partial charge in [-0.25, -0.2) is 0 Å². The molecule has 2 heterocycles. The van der Waals surface area contributed by atoms with E-state index in [1.807, 2.05) is 36.1 Å². The third kappa shape index (κ3) is 2.80. The molecule has 0 unspecified atom stereocenters. The second-order valence-electron chi connectivity index (χ2n) is 5.61. The highest BCUT2D eigenvalue weighted by Gasteiger charge is 2.24. The van der Waals surface area contributed by atoms with E-state index in [4.69, 9.17) is 18.0 Å². The molecule has 2 N–H and O–H groups in total. The Morgan fingerprint density at radius 1 is 1.27 bits per heavy atom. The molecule has 0 saturated carbocycles. The van der Waals surface area contributed by atoms with Crippen LogP contribution in [0.25, 0.3) is 5.69 Å². The van der Waals surface area contributed by atoms with Crippen LogP contribution in [0.4, 0.5) is 5.82 Å². The number of amides is 1. The molecule has 1 aromatic heterocycles. The SMILES string of the molecule is Cc1cccc(-n2c(N)c(C(=O)N3CCCCC3)sc2=S)c1. The van der Waals surface area contributed by atoms with Crippen molar-refractivity contribution < 1.29 is 4.79 Å². The molecule has 1 amide bonds. The van der Waals surface area contributed by atoms with Gasteiger partial charge in [-0.05, 0) is 56.1 Å². The number of carbonyl (C=O) groups is 1. The summed E-state index contributed by atoms with van der Waals surface area (Å²) in [6.45, 7) is 3.65. The lowest BCUT2D eigenvalue weighted by Gasteiger charge is -2.26. The van der Waals surface area contributed by atoms with Crippen LogP contribution in [-0.4, -0.2) is 28.5 Å². The molecule has 1 aliphatic rings. The number of benzene rings is 1. The third-order valence-corrected chi connectivity index (χ3v) is 5.32. The van der Waals surface area contributed by atoms with Crippen LogP contribution < -0.4 is 5.73 Å². The summed E-state index contributed by atoms with van der Waals surface area (Å²) >= 11 is 6.74. The first-order valence-corrected chi connectivity index (χ1v) is 8.68. The first-order valence-electron chi connectivity index (χ1n) is 7.45. The molecule has 0 atom stereocenters. The molecular formula is C16H19N3OS2. The Hall–Kier alpha value is -1.66. The molecule has 4 nitrogen and oxygen atoms in total. The highest BCUT2D eigenvalue weighted by molar-refractivity contribution is 7.73. The number of aromatic nitrogens is 1. The lowest BCUT2D eigenvalue weighted by molar-refractivity contribution is 0.0730. The fraction of sp³-hybridized carbons (Fsp3) is 0.375. The Morgan fingerprint density at radius 3 is 2.68 bits per heavy atom. The second-order valence-corrected chi connectivity index (χ2v) is 7.25. The summed E-state index contributed by atoms with van der Waals surface area (Å²) in [5.41, 5.74) is 8.30. The number of likely N-dealkylation sites (tertiary alicyclic amines) is 1. The number of hydrogen-bond acceptors (Lipinski definition) is 4. The Kier molecular flexibility index (Phi) is 4.31. The van der Waals surface area contributed by atoms with Crippen LogP contribution in [0.3, 0.4) is 0 Å². The smallest absolute Gasteiger partial charge is 0.267 e. The fourth-order valence-corrected chi connectivity index (χ4v) is 4.13. The molecule has 2 aromatic rings. The van der Waals surface area contributed by atoms with Crippen molar-refractivity contribution in [2.75, 3.05) is 18.8 Å². The van der Waals surface area contributed by atoms with Gasteiger partial charge in [0.2, 0.25) is 0 Å². The van der Waals surface area contributed by atoms with Crippen LogP contribution in [-0.2, 0) is 0 Å². The molecule has 116 valence electrons. The molecule has 1 fully saturated rings. The van der Waals surface area contributed by atoms with Gasteiger partial charge in [0.15, 0.2) is 3.95 Å². The lowest BCUT2D eigenvalue weighted by Crippen LogP contribution is -2.35. The zero-order valence-electron chi connectivity index (χ0n) is 12.5. The molecule has 0 spiro atoms. The molecule has 0 bridgehead atoms. The number of thiazole rings is 1. The van der Waals surface area contributed by atoms with Crippen LogP contribution >= 0.6 is 23.6 Å². The van der Waals surface area contributed by atoms with Crippen molar-refractivity contribution in [3.63, 3.8) is 0 Å². The van der Waals surface area contributed by atoms with Gasteiger partial charge >= 0.3 is 0 Å². The van der Waals surface area contributed by atoms with Crippen molar-refractivity contribution in [2.24, 2.45) is 0 Å². The minimum atomic E-state index is 0.0136. The first-order chi connectivity index (χ1) is 10.6. The number of carbonyl (C=O) groups excluding carboxylic acids is 1. The molecular weight excluding hydrogens is 314 g/mol. The number of nitrogens with zero attached hydrogens (tertiary/aromatic N) is 2. The maximum absolute atomic E-state index is 12.7. The summed E-state index contributed by atoms with van der Waals surface area (Å²) in [6, 6.07) is 7.97. The number of aryl methyl sites for hydroxylation is 1. The summed E-state index contributed by atoms with van der Waals surface area (Å²) < 4.78 is 2.41. The van der Waals surface area contributed by atoms with Crippen molar-refractivity contribution >= 4 is 35.3 Å². The Morgan fingerprint density at radius 2 is 2.00 bits per heavy atom. The Labute approximate surface area is 139 Å². The van der Waals surface area contributed by atoms with E-state index >= 15 is 0 Å². The number of hydrogen-bond donors (Lipinski definition) is 1. The van der Waals surface area contributed by atoms with Crippen LogP contribution in [0.15, 0.2) is 24.3 Å². The molecule has 1 aromatic carbocycles. The molecule has 3 rings (SSSR count). The molecule has 1 aliphatic heterocycles. The van der Waals surface area contributed by atoms with Gasteiger partial charge < -0.3 is 10.6 Å². The average molecular weight is 333 g/mol. The van der Waals surface area contributed by atoms with E-state index in [1.165, 1.54) is 17.8 Å². The van der Waals surface area contributed by atoms with Gasteiger partial charge in [0, 0.05) is 18.8 Å². The van der Waals surface area contributed by atoms with E-state index in [0.29, 0.717) is 14.6 Å². The van der Waals surface area contributed by atoms with Crippen molar-refractivity contribution in [1.82, 2.24) is 9.47 Å². The normalized spacial score (nSPS) is 15.0. The minimum absolute atomic E-state index is 0.0136. The largest absolute Gasteiger partial charge is 0.383 e. The van der Waals surface area contributed by atoms with Crippen molar-refractivity contribution in [2.45, 2.75) is 26.2 Å². The number of nitrogens with two attached hydrogens (primary N) is 1. The first kappa shape index (κ1) is 15.2. The number of nitrogen functional groups attached to an aromatic ring is 1. The summed E-state index contributed by atoms with van der Waals surface area (Å²) in [5.74, 6) is 0.468. The molecule has 6 heteroatoms. The van der Waals surface area contributed by atoms with Crippen LogP contribution in [0, 0.1) is 10.9 Å². The summed E-state index contributed by atoms with van der Waals surface area (Å²) in [6.07, 6.45) is 3.32. The summed E-state index contributed by atoms with van der Waals surface area (Å²) in [7, 11) is 0. The molecule has 22 heavy (non-hydrogen) atoms. The van der Waals surface area contributed by atoms with E-state index < -0.39 is 0 Å². The van der Waals surface area contributed by atoms with Crippen molar-refractivity contribution in [3.8, 4) is 5.69 Å². The minimum Gasteiger partial charge on any atom is -0.383 e. The fourth-order valence-electron chi connectivity index (χ4n) is 2.79. The van der Waals surface area contributed by atoms with E-state index in [2.05, 4.69) is 0 Å². The van der Waals surface area contributed by atoms with Gasteiger partial charge in [0.1, 0.15) is 10.7 Å². The predicted molar refractivity (Wildman–Crippen MR) is 93.4 cm³/mol. The second kappa shape index (κ2) is 6.22. The standard InChI is InChI=1S/C16H19N3OS2/c1-11-6-5-7-12(10-11)19-14(17)13(22-16(19)21)15(20)18-8-3-2-4-9-18/h5-7,10H,2-4,8-9,17H2,1H3. The van der Waals surface area contributed by atoms with Crippen molar-refractivity contribution in [3.05, 3.63) is 38.7 Å². The third-order valence-electron chi connectivity index (χ3n) is 3.94. The van der Waals surface area contributed by atoms with Gasteiger partial charge in [0.05, 0.1) is 0 Å². The summed E-state index contributed by atoms with van der Waals surface area (Å²) in [4.78, 5) is 15.1. The molecule has 0 radical (unpaired) electrons. The average Bonchev–Trinajstić information content (AvgIpc) is 2.82. The van der Waals surface area contributed by atoms with Gasteiger partial charge in [-0.3, -0.25) is 9.36 Å². The Balaban J connectivity index is 2.00. The molecule has 1 saturated heterocycles. The molecule has 0 aliphatic carbocycles. The van der Waals surface area contributed by atoms with Gasteiger partial charge in [0.25, 0.3) is 5.91 Å². The van der Waals surface area contributed by atoms with E-state index in [1.54, 1.807) is 4.57 Å². The van der Waals surface area contributed by atoms with Gasteiger partial charge in [-0.2, -0.15) is 0 Å². The van der Waals surface area contributed by atoms with Crippen molar-refractivity contribution in [1.29, 1.82) is 0 Å². The van der Waals surface area contributed by atoms with Crippen LogP contribution in [0.2, 0.25) is 0 Å². The maximum atomic E-state index is 12.7. The Bertz CT molecular complexity index is 757. The quantitative estimate of drug-likeness (QED) is 0.851. The topological polar surface area (TPSA) is 51.3 Å². The zero-order chi connectivity index (χ0) is 15.7. The predicted octanol–water partition coefficient (Wildman–Crippen LogP) is 3.79. The van der Waals surface area contributed by atoms with E-state index in [0.717, 1.165) is 37.2 Å². The lowest BCUT2D eigenvalue weighted by atomic mass is 10.1. The van der Waals surface area contributed by atoms with Gasteiger partial charge in [-0.15, -0.1) is 0 Å². The summed E-state index contributed by atoms with van der Waals surface area (Å²) in [5, 5.41) is 0. The number of piperidine rings is 1.